The van der Waals surface area contributed by atoms with Crippen LogP contribution in [0.1, 0.15) is 21.8 Å². The van der Waals surface area contributed by atoms with E-state index in [0.717, 1.165) is 5.75 Å². The maximum absolute atomic E-state index is 3.79. The Hall–Kier alpha value is 0.350. The highest BCUT2D eigenvalue weighted by atomic mass is 32.1. The van der Waals surface area contributed by atoms with Crippen LogP contribution in [0.5, 0.6) is 0 Å². The minimum absolute atomic E-state index is 0. The van der Waals surface area contributed by atoms with Gasteiger partial charge in [-0.05, 0) is 5.75 Å². The number of hydrogen-bond donors (Lipinski definition) is 1. The van der Waals surface area contributed by atoms with Crippen LogP contribution in [-0.4, -0.2) is 5.75 Å². The third-order valence-electron chi connectivity index (χ3n) is 0. The van der Waals surface area contributed by atoms with Crippen LogP contribution in [-0.2, 0) is 0 Å². The summed E-state index contributed by atoms with van der Waals surface area (Å²) in [7, 11) is 0. The summed E-state index contributed by atoms with van der Waals surface area (Å²) in [4.78, 5) is 0. The first kappa shape index (κ1) is 18.3. The summed E-state index contributed by atoms with van der Waals surface area (Å²) in [6.07, 6.45) is 0. The van der Waals surface area contributed by atoms with Crippen molar-refractivity contribution in [3.05, 3.63) is 0 Å². The fourth-order valence-corrected chi connectivity index (χ4v) is 0. The van der Waals surface area contributed by atoms with E-state index in [1.807, 2.05) is 6.92 Å². The molecule has 0 nitrogen and oxygen atoms in total. The van der Waals surface area contributed by atoms with E-state index < -0.39 is 0 Å². The zero-order chi connectivity index (χ0) is 2.71. The average Bonchev–Trinajstić information content (AvgIpc) is 0.918. The van der Waals surface area contributed by atoms with Gasteiger partial charge in [-0.3, -0.25) is 0 Å². The molecule has 0 radical (unpaired) electrons. The monoisotopic (exact) mass is 94.1 g/mol. The Balaban J connectivity index is -0.0000000200. The molecule has 0 aliphatic rings. The molecule has 0 rings (SSSR count). The molecule has 0 spiro atoms. The molecule has 0 fully saturated rings. The van der Waals surface area contributed by atoms with Crippen LogP contribution in [0.4, 0.5) is 0 Å². The predicted molar refractivity (Wildman–Crippen MR) is 33.0 cm³/mol. The fourth-order valence-electron chi connectivity index (χ4n) is 0. The molecule has 0 aliphatic carbocycles. The second-order valence-electron chi connectivity index (χ2n) is 0.316. The van der Waals surface area contributed by atoms with E-state index in [1.54, 1.807) is 0 Å². The molecule has 0 aliphatic heterocycles. The van der Waals surface area contributed by atoms with Gasteiger partial charge in [0.25, 0.3) is 0 Å². The van der Waals surface area contributed by atoms with Gasteiger partial charge in [-0.15, -0.1) is 0 Å². The van der Waals surface area contributed by atoms with Crippen LogP contribution in [0.2, 0.25) is 0 Å². The van der Waals surface area contributed by atoms with Crippen LogP contribution in [0.3, 0.4) is 0 Å². The summed E-state index contributed by atoms with van der Waals surface area (Å²) in [5.74, 6) is 0.944. The van der Waals surface area contributed by atoms with Gasteiger partial charge in [0.05, 0.1) is 0 Å². The summed E-state index contributed by atoms with van der Waals surface area (Å²) in [5.41, 5.74) is 0. The van der Waals surface area contributed by atoms with Gasteiger partial charge in [-0.2, -0.15) is 12.6 Å². The van der Waals surface area contributed by atoms with Crippen molar-refractivity contribution in [1.29, 1.82) is 0 Å². The zero-order valence-electron chi connectivity index (χ0n) is 2.15. The molecular formula is C4H14S. The maximum atomic E-state index is 3.79. The lowest BCUT2D eigenvalue weighted by Crippen LogP contribution is -1.36. The van der Waals surface area contributed by atoms with Crippen LogP contribution in [0.15, 0.2) is 0 Å². The normalized spacial score (nSPS) is 3.60. The molecule has 0 aromatic rings. The van der Waals surface area contributed by atoms with Crippen LogP contribution < -0.4 is 0 Å². The second kappa shape index (κ2) is 26.8. The first-order chi connectivity index (χ1) is 1.41. The zero-order valence-corrected chi connectivity index (χ0v) is 3.05. The summed E-state index contributed by atoms with van der Waals surface area (Å²) < 4.78 is 0. The standard InChI is InChI=1S/C2H6S.2CH4/c1-2-3;;/h3H,2H2,1H3;2*1H4. The van der Waals surface area contributed by atoms with Crippen LogP contribution >= 0.6 is 12.6 Å². The van der Waals surface area contributed by atoms with Gasteiger partial charge >= 0.3 is 0 Å². The molecule has 0 saturated carbocycles. The third-order valence-corrected chi connectivity index (χ3v) is 0. The smallest absolute Gasteiger partial charge is 0.0126 e. The lowest BCUT2D eigenvalue weighted by molar-refractivity contribution is 1.54. The van der Waals surface area contributed by atoms with Crippen molar-refractivity contribution in [2.24, 2.45) is 0 Å². The number of hydrogen-bond acceptors (Lipinski definition) is 1. The highest BCUT2D eigenvalue weighted by Gasteiger charge is 1.35. The van der Waals surface area contributed by atoms with Crippen molar-refractivity contribution < 1.29 is 0 Å². The van der Waals surface area contributed by atoms with Gasteiger partial charge in [-0.1, -0.05) is 21.8 Å². The van der Waals surface area contributed by atoms with E-state index in [-0.39, 0.29) is 14.9 Å². The maximum Gasteiger partial charge on any atom is -0.0126 e. The van der Waals surface area contributed by atoms with E-state index in [4.69, 9.17) is 0 Å². The highest BCUT2D eigenvalue weighted by Crippen LogP contribution is 1.58. The SMILES string of the molecule is C.C.CCS. The molecular weight excluding hydrogens is 80.1 g/mol. The molecule has 36 valence electrons. The molecule has 0 heterocycles. The first-order valence-corrected chi connectivity index (χ1v) is 1.66. The predicted octanol–water partition coefficient (Wildman–Crippen LogP) is 2.21. The Bertz CT molecular complexity index is 3.61. The van der Waals surface area contributed by atoms with Crippen LogP contribution in [0, 0.1) is 0 Å². The molecule has 0 unspecified atom stereocenters. The topological polar surface area (TPSA) is 0 Å². The van der Waals surface area contributed by atoms with E-state index in [1.165, 1.54) is 0 Å². The molecule has 0 aromatic carbocycles. The Labute approximate surface area is 41.0 Å². The largest absolute Gasteiger partial charge is 0.180 e. The van der Waals surface area contributed by atoms with Gasteiger partial charge < -0.3 is 0 Å². The quantitative estimate of drug-likeness (QED) is 0.437. The summed E-state index contributed by atoms with van der Waals surface area (Å²) in [5, 5.41) is 0. The number of rotatable bonds is 0. The Kier molecular flexibility index (Phi) is 98.2. The molecule has 5 heavy (non-hydrogen) atoms. The van der Waals surface area contributed by atoms with Gasteiger partial charge in [0.1, 0.15) is 0 Å². The summed E-state index contributed by atoms with van der Waals surface area (Å²) in [6.45, 7) is 1.99. The first-order valence-electron chi connectivity index (χ1n) is 1.02. The number of thiol groups is 1. The molecule has 0 bridgehead atoms. The van der Waals surface area contributed by atoms with Crippen molar-refractivity contribution in [3.8, 4) is 0 Å². The summed E-state index contributed by atoms with van der Waals surface area (Å²) in [6, 6.07) is 0. The second-order valence-corrected chi connectivity index (χ2v) is 0.949. The Morgan fingerprint density at radius 1 is 1.40 bits per heavy atom. The molecule has 0 aromatic heterocycles. The lowest BCUT2D eigenvalue weighted by Gasteiger charge is -1.48. The molecule has 0 saturated heterocycles. The third kappa shape index (κ3) is 196. The van der Waals surface area contributed by atoms with E-state index in [0.29, 0.717) is 0 Å². The van der Waals surface area contributed by atoms with Crippen molar-refractivity contribution in [2.75, 3.05) is 5.75 Å². The van der Waals surface area contributed by atoms with Crippen molar-refractivity contribution in [1.82, 2.24) is 0 Å². The van der Waals surface area contributed by atoms with Gasteiger partial charge in [0.2, 0.25) is 0 Å². The van der Waals surface area contributed by atoms with E-state index in [9.17, 15) is 0 Å². The van der Waals surface area contributed by atoms with Gasteiger partial charge in [0.15, 0.2) is 0 Å². The average molecular weight is 94.2 g/mol. The molecule has 1 heteroatoms. The van der Waals surface area contributed by atoms with Crippen LogP contribution in [0.25, 0.3) is 0 Å². The summed E-state index contributed by atoms with van der Waals surface area (Å²) >= 11 is 3.79. The lowest BCUT2D eigenvalue weighted by atomic mass is 11.0. The molecule has 0 amide bonds. The minimum atomic E-state index is 0. The minimum Gasteiger partial charge on any atom is -0.180 e. The van der Waals surface area contributed by atoms with Crippen molar-refractivity contribution in [3.63, 3.8) is 0 Å². The fraction of sp³-hybridized carbons (Fsp3) is 1.00. The highest BCUT2D eigenvalue weighted by molar-refractivity contribution is 7.80. The molecule has 0 N–H and O–H groups in total. The van der Waals surface area contributed by atoms with Gasteiger partial charge in [-0.25, -0.2) is 0 Å². The van der Waals surface area contributed by atoms with E-state index >= 15 is 0 Å². The van der Waals surface area contributed by atoms with E-state index in [2.05, 4.69) is 12.6 Å². The van der Waals surface area contributed by atoms with Crippen molar-refractivity contribution >= 4 is 12.6 Å². The van der Waals surface area contributed by atoms with Crippen molar-refractivity contribution in [2.45, 2.75) is 21.8 Å². The molecule has 0 atom stereocenters. The Morgan fingerprint density at radius 3 is 1.40 bits per heavy atom. The van der Waals surface area contributed by atoms with Gasteiger partial charge in [0, 0.05) is 0 Å². The Morgan fingerprint density at radius 2 is 1.40 bits per heavy atom.